The molecule has 0 saturated carbocycles. The topological polar surface area (TPSA) is 30.5 Å². The summed E-state index contributed by atoms with van der Waals surface area (Å²) >= 11 is 0. The molecule has 1 fully saturated rings. The Morgan fingerprint density at radius 3 is 3.40 bits per heavy atom. The van der Waals surface area contributed by atoms with E-state index >= 15 is 0 Å². The number of rotatable bonds is 2. The minimum atomic E-state index is 0.257. The number of hydrogen-bond donors (Lipinski definition) is 1. The second-order valence-electron chi connectivity index (χ2n) is 2.51. The molecule has 1 saturated heterocycles. The first-order valence-electron chi connectivity index (χ1n) is 3.74. The van der Waals surface area contributed by atoms with Crippen LogP contribution >= 0.6 is 0 Å². The monoisotopic (exact) mass is 145 g/mol. The molecule has 1 aliphatic rings. The fourth-order valence-electron chi connectivity index (χ4n) is 1.06. The fourth-order valence-corrected chi connectivity index (χ4v) is 1.06. The third kappa shape index (κ3) is 2.64. The normalized spacial score (nSPS) is 27.9. The van der Waals surface area contributed by atoms with Gasteiger partial charge in [0, 0.05) is 20.3 Å². The molecule has 10 heavy (non-hydrogen) atoms. The van der Waals surface area contributed by atoms with E-state index in [-0.39, 0.29) is 6.10 Å². The molecule has 0 aromatic heterocycles. The van der Waals surface area contributed by atoms with Gasteiger partial charge in [-0.1, -0.05) is 0 Å². The maximum atomic E-state index is 5.46. The third-order valence-corrected chi connectivity index (χ3v) is 1.58. The summed E-state index contributed by atoms with van der Waals surface area (Å²) in [5.74, 6) is 0. The van der Waals surface area contributed by atoms with Gasteiger partial charge in [0.15, 0.2) is 0 Å². The van der Waals surface area contributed by atoms with Crippen molar-refractivity contribution < 1.29 is 9.47 Å². The average molecular weight is 145 g/mol. The van der Waals surface area contributed by atoms with E-state index in [1.165, 1.54) is 0 Å². The number of ether oxygens (including phenoxy) is 2. The lowest BCUT2D eigenvalue weighted by molar-refractivity contribution is 0.00881. The van der Waals surface area contributed by atoms with Crippen LogP contribution in [-0.2, 0) is 9.47 Å². The Labute approximate surface area is 61.7 Å². The number of hydrogen-bond acceptors (Lipinski definition) is 3. The largest absolute Gasteiger partial charge is 0.382 e. The Morgan fingerprint density at radius 1 is 1.70 bits per heavy atom. The molecule has 0 aromatic carbocycles. The van der Waals surface area contributed by atoms with Crippen LogP contribution in [0, 0.1) is 0 Å². The average Bonchev–Trinajstić information content (AvgIpc) is 2.17. The van der Waals surface area contributed by atoms with Gasteiger partial charge in [-0.3, -0.25) is 0 Å². The van der Waals surface area contributed by atoms with Crippen LogP contribution in [0.25, 0.3) is 0 Å². The van der Waals surface area contributed by atoms with Crippen molar-refractivity contribution in [2.24, 2.45) is 0 Å². The highest BCUT2D eigenvalue weighted by molar-refractivity contribution is 4.64. The molecule has 0 amide bonds. The van der Waals surface area contributed by atoms with Gasteiger partial charge in [-0.15, -0.1) is 0 Å². The summed E-state index contributed by atoms with van der Waals surface area (Å²) in [6, 6.07) is 0. The van der Waals surface area contributed by atoms with Crippen LogP contribution in [-0.4, -0.2) is 39.5 Å². The van der Waals surface area contributed by atoms with Crippen molar-refractivity contribution in [3.63, 3.8) is 0 Å². The van der Waals surface area contributed by atoms with E-state index in [1.54, 1.807) is 7.11 Å². The SMILES string of the molecule is COCC1CNCCCO1. The highest BCUT2D eigenvalue weighted by Crippen LogP contribution is 1.96. The summed E-state index contributed by atoms with van der Waals surface area (Å²) in [6.45, 7) is 3.56. The Morgan fingerprint density at radius 2 is 2.60 bits per heavy atom. The van der Waals surface area contributed by atoms with E-state index in [0.717, 1.165) is 26.1 Å². The summed E-state index contributed by atoms with van der Waals surface area (Å²) in [6.07, 6.45) is 1.37. The molecule has 1 aliphatic heterocycles. The Hall–Kier alpha value is -0.120. The van der Waals surface area contributed by atoms with Gasteiger partial charge in [-0.2, -0.15) is 0 Å². The lowest BCUT2D eigenvalue weighted by Gasteiger charge is -2.12. The van der Waals surface area contributed by atoms with E-state index in [1.807, 2.05) is 0 Å². The van der Waals surface area contributed by atoms with Gasteiger partial charge in [0.1, 0.15) is 0 Å². The summed E-state index contributed by atoms with van der Waals surface area (Å²) in [7, 11) is 1.70. The van der Waals surface area contributed by atoms with Crippen molar-refractivity contribution in [2.45, 2.75) is 12.5 Å². The van der Waals surface area contributed by atoms with E-state index in [4.69, 9.17) is 9.47 Å². The van der Waals surface area contributed by atoms with Gasteiger partial charge >= 0.3 is 0 Å². The van der Waals surface area contributed by atoms with Gasteiger partial charge in [-0.05, 0) is 13.0 Å². The predicted octanol–water partition coefficient (Wildman–Crippen LogP) is 0.0113. The molecule has 3 nitrogen and oxygen atoms in total. The highest BCUT2D eigenvalue weighted by atomic mass is 16.5. The van der Waals surface area contributed by atoms with Crippen molar-refractivity contribution in [1.29, 1.82) is 0 Å². The van der Waals surface area contributed by atoms with Crippen LogP contribution in [0.3, 0.4) is 0 Å². The standard InChI is InChI=1S/C7H15NO2/c1-9-6-7-5-8-3-2-4-10-7/h7-8H,2-6H2,1H3. The van der Waals surface area contributed by atoms with Crippen molar-refractivity contribution in [1.82, 2.24) is 5.32 Å². The predicted molar refractivity (Wildman–Crippen MR) is 39.1 cm³/mol. The molecule has 1 unspecified atom stereocenters. The number of nitrogens with one attached hydrogen (secondary N) is 1. The van der Waals surface area contributed by atoms with Crippen molar-refractivity contribution in [2.75, 3.05) is 33.4 Å². The third-order valence-electron chi connectivity index (χ3n) is 1.58. The van der Waals surface area contributed by atoms with Crippen LogP contribution in [0.1, 0.15) is 6.42 Å². The maximum absolute atomic E-state index is 5.46. The van der Waals surface area contributed by atoms with Crippen molar-refractivity contribution in [3.8, 4) is 0 Å². The van der Waals surface area contributed by atoms with Crippen LogP contribution in [0.2, 0.25) is 0 Å². The molecule has 0 aromatic rings. The molecular weight excluding hydrogens is 130 g/mol. The van der Waals surface area contributed by atoms with Crippen molar-refractivity contribution in [3.05, 3.63) is 0 Å². The van der Waals surface area contributed by atoms with Crippen LogP contribution in [0.4, 0.5) is 0 Å². The lowest BCUT2D eigenvalue weighted by atomic mass is 10.4. The fraction of sp³-hybridized carbons (Fsp3) is 1.00. The molecule has 0 radical (unpaired) electrons. The van der Waals surface area contributed by atoms with Gasteiger partial charge in [0.05, 0.1) is 12.7 Å². The van der Waals surface area contributed by atoms with Crippen LogP contribution in [0.5, 0.6) is 0 Å². The first kappa shape index (κ1) is 7.98. The molecule has 1 atom stereocenters. The summed E-state index contributed by atoms with van der Waals surface area (Å²) < 4.78 is 10.4. The summed E-state index contributed by atoms with van der Waals surface area (Å²) in [5.41, 5.74) is 0. The Kier molecular flexibility index (Phi) is 3.72. The van der Waals surface area contributed by atoms with Gasteiger partial charge < -0.3 is 14.8 Å². The highest BCUT2D eigenvalue weighted by Gasteiger charge is 2.10. The summed E-state index contributed by atoms with van der Waals surface area (Å²) in [4.78, 5) is 0. The minimum Gasteiger partial charge on any atom is -0.382 e. The molecule has 0 bridgehead atoms. The lowest BCUT2D eigenvalue weighted by Crippen LogP contribution is -2.29. The first-order chi connectivity index (χ1) is 4.93. The first-order valence-corrected chi connectivity index (χ1v) is 3.74. The van der Waals surface area contributed by atoms with Gasteiger partial charge in [0.25, 0.3) is 0 Å². The van der Waals surface area contributed by atoms with Crippen molar-refractivity contribution >= 4 is 0 Å². The summed E-state index contributed by atoms with van der Waals surface area (Å²) in [5, 5.41) is 3.28. The van der Waals surface area contributed by atoms with E-state index in [0.29, 0.717) is 6.61 Å². The molecule has 1 N–H and O–H groups in total. The Bertz CT molecular complexity index is 79.7. The molecule has 0 aliphatic carbocycles. The van der Waals surface area contributed by atoms with Crippen LogP contribution < -0.4 is 5.32 Å². The van der Waals surface area contributed by atoms with Gasteiger partial charge in [0.2, 0.25) is 0 Å². The zero-order valence-electron chi connectivity index (χ0n) is 6.43. The zero-order chi connectivity index (χ0) is 7.23. The van der Waals surface area contributed by atoms with E-state index in [2.05, 4.69) is 5.32 Å². The smallest absolute Gasteiger partial charge is 0.0932 e. The van der Waals surface area contributed by atoms with E-state index < -0.39 is 0 Å². The molecule has 60 valence electrons. The second kappa shape index (κ2) is 4.66. The van der Waals surface area contributed by atoms with Gasteiger partial charge in [-0.25, -0.2) is 0 Å². The molecule has 0 spiro atoms. The molecule has 1 rings (SSSR count). The minimum absolute atomic E-state index is 0.257. The number of methoxy groups -OCH3 is 1. The van der Waals surface area contributed by atoms with Crippen LogP contribution in [0.15, 0.2) is 0 Å². The maximum Gasteiger partial charge on any atom is 0.0932 e. The van der Waals surface area contributed by atoms with E-state index in [9.17, 15) is 0 Å². The second-order valence-corrected chi connectivity index (χ2v) is 2.51. The molecular formula is C7H15NO2. The quantitative estimate of drug-likeness (QED) is 0.594. The molecule has 1 heterocycles. The molecule has 3 heteroatoms. The Balaban J connectivity index is 2.15. The zero-order valence-corrected chi connectivity index (χ0v) is 6.43.